The number of nitrogens with one attached hydrogen (secondary N) is 1. The molecule has 0 aliphatic rings. The number of aromatic nitrogens is 2. The first-order valence-corrected chi connectivity index (χ1v) is 6.66. The Morgan fingerprint density at radius 3 is 3.05 bits per heavy atom. The van der Waals surface area contributed by atoms with Crippen LogP contribution < -0.4 is 5.32 Å². The standard InChI is InChI=1S/C14H20N4O2/c1-3-18-10-12(7-16-18)9-17(2)11-14(19)15-8-13-5-4-6-20-13/h4-7,10H,3,8-9,11H2,1-2H3,(H,15,19). The van der Waals surface area contributed by atoms with E-state index in [1.165, 1.54) is 0 Å². The fourth-order valence-corrected chi connectivity index (χ4v) is 1.93. The first-order valence-electron chi connectivity index (χ1n) is 6.66. The number of likely N-dealkylation sites (N-methyl/N-ethyl adjacent to an activating group) is 1. The van der Waals surface area contributed by atoms with E-state index in [1.807, 2.05) is 42.0 Å². The molecule has 0 fully saturated rings. The maximum absolute atomic E-state index is 11.8. The van der Waals surface area contributed by atoms with Gasteiger partial charge < -0.3 is 9.73 Å². The Bertz CT molecular complexity index is 533. The first kappa shape index (κ1) is 14.3. The Morgan fingerprint density at radius 2 is 2.40 bits per heavy atom. The molecule has 0 saturated heterocycles. The molecule has 1 N–H and O–H groups in total. The first-order chi connectivity index (χ1) is 9.67. The lowest BCUT2D eigenvalue weighted by atomic mass is 10.3. The number of aryl methyl sites for hydroxylation is 1. The second kappa shape index (κ2) is 6.91. The number of carbonyl (C=O) groups is 1. The molecule has 108 valence electrons. The van der Waals surface area contributed by atoms with Crippen LogP contribution in [0.15, 0.2) is 35.2 Å². The topological polar surface area (TPSA) is 63.3 Å². The molecule has 0 aliphatic heterocycles. The van der Waals surface area contributed by atoms with Gasteiger partial charge in [0.25, 0.3) is 0 Å². The molecule has 6 heteroatoms. The van der Waals surface area contributed by atoms with Crippen LogP contribution in [0, 0.1) is 0 Å². The molecule has 2 rings (SSSR count). The van der Waals surface area contributed by atoms with Gasteiger partial charge in [-0.25, -0.2) is 0 Å². The zero-order valence-electron chi connectivity index (χ0n) is 11.9. The minimum atomic E-state index is -0.0215. The Balaban J connectivity index is 1.73. The van der Waals surface area contributed by atoms with E-state index in [9.17, 15) is 4.79 Å². The van der Waals surface area contributed by atoms with E-state index >= 15 is 0 Å². The van der Waals surface area contributed by atoms with E-state index in [0.717, 1.165) is 17.9 Å². The second-order valence-corrected chi connectivity index (χ2v) is 4.73. The Hall–Kier alpha value is -2.08. The van der Waals surface area contributed by atoms with Crippen LogP contribution in [-0.4, -0.2) is 34.2 Å². The number of rotatable bonds is 7. The van der Waals surface area contributed by atoms with Gasteiger partial charge in [0.05, 0.1) is 25.5 Å². The third kappa shape index (κ3) is 4.24. The van der Waals surface area contributed by atoms with Gasteiger partial charge in [0, 0.05) is 24.8 Å². The van der Waals surface area contributed by atoms with Gasteiger partial charge in [-0.3, -0.25) is 14.4 Å². The summed E-state index contributed by atoms with van der Waals surface area (Å²) in [6, 6.07) is 3.64. The largest absolute Gasteiger partial charge is 0.467 e. The highest BCUT2D eigenvalue weighted by molar-refractivity contribution is 5.77. The maximum atomic E-state index is 11.8. The molecule has 0 saturated carbocycles. The van der Waals surface area contributed by atoms with E-state index in [0.29, 0.717) is 19.6 Å². The Morgan fingerprint density at radius 1 is 1.55 bits per heavy atom. The van der Waals surface area contributed by atoms with Crippen molar-refractivity contribution in [2.45, 2.75) is 26.6 Å². The van der Waals surface area contributed by atoms with Crippen molar-refractivity contribution in [1.29, 1.82) is 0 Å². The van der Waals surface area contributed by atoms with Crippen LogP contribution in [0.1, 0.15) is 18.2 Å². The number of furan rings is 1. The van der Waals surface area contributed by atoms with Crippen molar-refractivity contribution >= 4 is 5.91 Å². The fourth-order valence-electron chi connectivity index (χ4n) is 1.93. The van der Waals surface area contributed by atoms with Crippen LogP contribution >= 0.6 is 0 Å². The van der Waals surface area contributed by atoms with Crippen molar-refractivity contribution in [2.75, 3.05) is 13.6 Å². The van der Waals surface area contributed by atoms with E-state index in [2.05, 4.69) is 10.4 Å². The Labute approximate surface area is 118 Å². The summed E-state index contributed by atoms with van der Waals surface area (Å²) >= 11 is 0. The minimum absolute atomic E-state index is 0.0215. The highest BCUT2D eigenvalue weighted by Crippen LogP contribution is 2.02. The van der Waals surface area contributed by atoms with E-state index in [1.54, 1.807) is 12.3 Å². The molecule has 0 spiro atoms. The van der Waals surface area contributed by atoms with Crippen molar-refractivity contribution in [3.05, 3.63) is 42.1 Å². The zero-order valence-corrected chi connectivity index (χ0v) is 11.9. The quantitative estimate of drug-likeness (QED) is 0.826. The van der Waals surface area contributed by atoms with Crippen LogP contribution in [0.5, 0.6) is 0 Å². The van der Waals surface area contributed by atoms with Crippen molar-refractivity contribution in [3.63, 3.8) is 0 Å². The number of nitrogens with zero attached hydrogens (tertiary/aromatic N) is 3. The molecule has 2 heterocycles. The monoisotopic (exact) mass is 276 g/mol. The summed E-state index contributed by atoms with van der Waals surface area (Å²) in [5.41, 5.74) is 1.10. The van der Waals surface area contributed by atoms with Gasteiger partial charge in [-0.1, -0.05) is 0 Å². The molecule has 0 bridgehead atoms. The van der Waals surface area contributed by atoms with E-state index in [-0.39, 0.29) is 5.91 Å². The van der Waals surface area contributed by atoms with Crippen LogP contribution in [0.4, 0.5) is 0 Å². The van der Waals surface area contributed by atoms with Crippen LogP contribution in [0.2, 0.25) is 0 Å². The molecule has 1 amide bonds. The molecule has 6 nitrogen and oxygen atoms in total. The SMILES string of the molecule is CCn1cc(CN(C)CC(=O)NCc2ccco2)cn1. The summed E-state index contributed by atoms with van der Waals surface area (Å²) < 4.78 is 7.04. The predicted molar refractivity (Wildman–Crippen MR) is 74.8 cm³/mol. The number of hydrogen-bond acceptors (Lipinski definition) is 4. The average Bonchev–Trinajstić information content (AvgIpc) is 3.06. The second-order valence-electron chi connectivity index (χ2n) is 4.73. The lowest BCUT2D eigenvalue weighted by Gasteiger charge is -2.14. The van der Waals surface area contributed by atoms with Gasteiger partial charge in [0.1, 0.15) is 5.76 Å². The van der Waals surface area contributed by atoms with Crippen molar-refractivity contribution < 1.29 is 9.21 Å². The molecule has 0 atom stereocenters. The molecule has 0 aromatic carbocycles. The van der Waals surface area contributed by atoms with Crippen molar-refractivity contribution in [1.82, 2.24) is 20.0 Å². The summed E-state index contributed by atoms with van der Waals surface area (Å²) in [5, 5.41) is 7.04. The molecular formula is C14H20N4O2. The van der Waals surface area contributed by atoms with E-state index < -0.39 is 0 Å². The summed E-state index contributed by atoms with van der Waals surface area (Å²) in [7, 11) is 1.91. The average molecular weight is 276 g/mol. The van der Waals surface area contributed by atoms with Gasteiger partial charge in [0.15, 0.2) is 0 Å². The Kier molecular flexibility index (Phi) is 4.95. The summed E-state index contributed by atoms with van der Waals surface area (Å²) in [5.74, 6) is 0.733. The van der Waals surface area contributed by atoms with Crippen molar-refractivity contribution in [3.8, 4) is 0 Å². The van der Waals surface area contributed by atoms with Gasteiger partial charge in [-0.05, 0) is 26.1 Å². The lowest BCUT2D eigenvalue weighted by molar-refractivity contribution is -0.122. The molecule has 20 heavy (non-hydrogen) atoms. The molecular weight excluding hydrogens is 256 g/mol. The van der Waals surface area contributed by atoms with Gasteiger partial charge >= 0.3 is 0 Å². The van der Waals surface area contributed by atoms with Gasteiger partial charge in [0.2, 0.25) is 5.91 Å². The van der Waals surface area contributed by atoms with Gasteiger partial charge in [-0.15, -0.1) is 0 Å². The highest BCUT2D eigenvalue weighted by atomic mass is 16.3. The maximum Gasteiger partial charge on any atom is 0.234 e. The zero-order chi connectivity index (χ0) is 14.4. The molecule has 0 unspecified atom stereocenters. The summed E-state index contributed by atoms with van der Waals surface area (Å²) in [6.45, 7) is 4.37. The molecule has 2 aromatic heterocycles. The van der Waals surface area contributed by atoms with Crippen LogP contribution in [0.3, 0.4) is 0 Å². The van der Waals surface area contributed by atoms with E-state index in [4.69, 9.17) is 4.42 Å². The van der Waals surface area contributed by atoms with Crippen LogP contribution in [0.25, 0.3) is 0 Å². The molecule has 0 radical (unpaired) electrons. The number of carbonyl (C=O) groups excluding carboxylic acids is 1. The normalized spacial score (nSPS) is 10.9. The third-order valence-corrected chi connectivity index (χ3v) is 2.92. The molecule has 2 aromatic rings. The third-order valence-electron chi connectivity index (χ3n) is 2.92. The highest BCUT2D eigenvalue weighted by Gasteiger charge is 2.08. The van der Waals surface area contributed by atoms with Crippen LogP contribution in [-0.2, 0) is 24.4 Å². The summed E-state index contributed by atoms with van der Waals surface area (Å²) in [6.07, 6.45) is 5.43. The number of amides is 1. The van der Waals surface area contributed by atoms with Crippen molar-refractivity contribution in [2.24, 2.45) is 0 Å². The van der Waals surface area contributed by atoms with Gasteiger partial charge in [-0.2, -0.15) is 5.10 Å². The fraction of sp³-hybridized carbons (Fsp3) is 0.429. The summed E-state index contributed by atoms with van der Waals surface area (Å²) in [4.78, 5) is 13.7. The minimum Gasteiger partial charge on any atom is -0.467 e. The molecule has 0 aliphatic carbocycles. The lowest BCUT2D eigenvalue weighted by Crippen LogP contribution is -2.34. The smallest absolute Gasteiger partial charge is 0.234 e. The predicted octanol–water partition coefficient (Wildman–Crippen LogP) is 1.24. The number of hydrogen-bond donors (Lipinski definition) is 1.